The number of nitrogens with zero attached hydrogens (tertiary/aromatic N) is 2. The number of pyridine rings is 1. The van der Waals surface area contributed by atoms with E-state index in [0.717, 1.165) is 24.3 Å². The van der Waals surface area contributed by atoms with Crippen molar-refractivity contribution in [2.45, 2.75) is 6.42 Å². The maximum Gasteiger partial charge on any atom is 0.155 e. The first-order chi connectivity index (χ1) is 7.22. The monoisotopic (exact) mass is 243 g/mol. The number of nitrogens with one attached hydrogen (secondary N) is 1. The molecule has 2 aromatic heterocycles. The third kappa shape index (κ3) is 2.09. The van der Waals surface area contributed by atoms with Gasteiger partial charge in [-0.05, 0) is 19.2 Å². The molecule has 0 saturated carbocycles. The summed E-state index contributed by atoms with van der Waals surface area (Å²) in [6.45, 7) is 0.873. The minimum absolute atomic E-state index is 0.503. The molecule has 5 heteroatoms. The van der Waals surface area contributed by atoms with E-state index in [-0.39, 0.29) is 0 Å². The number of rotatable bonds is 3. The van der Waals surface area contributed by atoms with E-state index in [1.165, 1.54) is 0 Å². The van der Waals surface area contributed by atoms with Crippen LogP contribution in [0.5, 0.6) is 0 Å². The van der Waals surface area contributed by atoms with Crippen LogP contribution in [-0.4, -0.2) is 23.0 Å². The smallest absolute Gasteiger partial charge is 0.155 e. The van der Waals surface area contributed by atoms with Gasteiger partial charge in [0.05, 0.1) is 5.52 Å². The molecule has 0 bridgehead atoms. The third-order valence-electron chi connectivity index (χ3n) is 2.23. The lowest BCUT2D eigenvalue weighted by Gasteiger charge is -2.00. The average molecular weight is 244 g/mol. The van der Waals surface area contributed by atoms with Crippen LogP contribution in [0, 0.1) is 0 Å². The summed E-state index contributed by atoms with van der Waals surface area (Å²) in [7, 11) is 1.91. The Morgan fingerprint density at radius 3 is 3.00 bits per heavy atom. The van der Waals surface area contributed by atoms with Crippen molar-refractivity contribution in [1.29, 1.82) is 0 Å². The molecule has 0 aliphatic carbocycles. The van der Waals surface area contributed by atoms with Crippen LogP contribution < -0.4 is 5.32 Å². The summed E-state index contributed by atoms with van der Waals surface area (Å²) in [5.74, 6) is 0.945. The molecule has 0 radical (unpaired) electrons. The van der Waals surface area contributed by atoms with Crippen LogP contribution in [0.4, 0.5) is 0 Å². The first-order valence-corrected chi connectivity index (χ1v) is 5.44. The molecule has 3 nitrogen and oxygen atoms in total. The van der Waals surface area contributed by atoms with Crippen molar-refractivity contribution >= 4 is 28.7 Å². The molecule has 1 N–H and O–H groups in total. The van der Waals surface area contributed by atoms with E-state index in [1.807, 2.05) is 29.8 Å². The highest BCUT2D eigenvalue weighted by molar-refractivity contribution is 6.34. The number of aromatic nitrogens is 2. The zero-order chi connectivity index (χ0) is 10.8. The Kier molecular flexibility index (Phi) is 3.14. The second-order valence-electron chi connectivity index (χ2n) is 3.27. The van der Waals surface area contributed by atoms with Crippen molar-refractivity contribution < 1.29 is 0 Å². The fourth-order valence-electron chi connectivity index (χ4n) is 1.50. The predicted molar refractivity (Wildman–Crippen MR) is 62.8 cm³/mol. The van der Waals surface area contributed by atoms with Gasteiger partial charge in [-0.3, -0.25) is 0 Å². The molecule has 2 aromatic rings. The van der Waals surface area contributed by atoms with Gasteiger partial charge >= 0.3 is 0 Å². The zero-order valence-electron chi connectivity index (χ0n) is 8.30. The topological polar surface area (TPSA) is 29.3 Å². The number of imidazole rings is 1. The van der Waals surface area contributed by atoms with Crippen LogP contribution in [0.3, 0.4) is 0 Å². The molecule has 0 saturated heterocycles. The summed E-state index contributed by atoms with van der Waals surface area (Å²) in [5.41, 5.74) is 0.857. The fraction of sp³-hybridized carbons (Fsp3) is 0.300. The number of hydrogen-bond acceptors (Lipinski definition) is 2. The Labute approximate surface area is 98.0 Å². The van der Waals surface area contributed by atoms with Crippen molar-refractivity contribution in [3.05, 3.63) is 34.3 Å². The average Bonchev–Trinajstić information content (AvgIpc) is 2.53. The van der Waals surface area contributed by atoms with Gasteiger partial charge in [0.25, 0.3) is 0 Å². The second-order valence-corrected chi connectivity index (χ2v) is 4.07. The standard InChI is InChI=1S/C10H11Cl2N3/c1-13-4-2-9-14-10(12)8-6-7(11)3-5-15(8)9/h3,5-6,13H,2,4H2,1H3. The summed E-state index contributed by atoms with van der Waals surface area (Å²) < 4.78 is 1.96. The van der Waals surface area contributed by atoms with Crippen LogP contribution in [0.15, 0.2) is 18.3 Å². The van der Waals surface area contributed by atoms with Gasteiger partial charge in [-0.1, -0.05) is 23.2 Å². The predicted octanol–water partition coefficient (Wildman–Crippen LogP) is 2.40. The van der Waals surface area contributed by atoms with Crippen LogP contribution in [0.25, 0.3) is 5.52 Å². The summed E-state index contributed by atoms with van der Waals surface area (Å²) in [4.78, 5) is 4.30. The van der Waals surface area contributed by atoms with Gasteiger partial charge in [0.2, 0.25) is 0 Å². The maximum atomic E-state index is 6.02. The van der Waals surface area contributed by atoms with Crippen molar-refractivity contribution in [3.8, 4) is 0 Å². The second kappa shape index (κ2) is 4.39. The molecular weight excluding hydrogens is 233 g/mol. The van der Waals surface area contributed by atoms with Gasteiger partial charge in [-0.15, -0.1) is 0 Å². The number of fused-ring (bicyclic) bond motifs is 1. The molecule has 15 heavy (non-hydrogen) atoms. The van der Waals surface area contributed by atoms with Gasteiger partial charge in [-0.2, -0.15) is 0 Å². The van der Waals surface area contributed by atoms with Gasteiger partial charge in [0.15, 0.2) is 5.15 Å². The molecule has 0 unspecified atom stereocenters. The minimum Gasteiger partial charge on any atom is -0.319 e. The molecular formula is C10H11Cl2N3. The van der Waals surface area contributed by atoms with E-state index in [9.17, 15) is 0 Å². The Hall–Kier alpha value is -0.770. The van der Waals surface area contributed by atoms with Gasteiger partial charge in [-0.25, -0.2) is 4.98 Å². The van der Waals surface area contributed by atoms with Crippen LogP contribution >= 0.6 is 23.2 Å². The van der Waals surface area contributed by atoms with Gasteiger partial charge < -0.3 is 9.72 Å². The highest BCUT2D eigenvalue weighted by Gasteiger charge is 2.08. The first-order valence-electron chi connectivity index (χ1n) is 4.69. The lowest BCUT2D eigenvalue weighted by Crippen LogP contribution is -2.12. The molecule has 0 fully saturated rings. The normalized spacial score (nSPS) is 11.1. The lowest BCUT2D eigenvalue weighted by molar-refractivity contribution is 0.753. The molecule has 0 amide bonds. The molecule has 0 atom stereocenters. The minimum atomic E-state index is 0.503. The van der Waals surface area contributed by atoms with Crippen LogP contribution in [0.2, 0.25) is 10.2 Å². The Morgan fingerprint density at radius 2 is 2.27 bits per heavy atom. The van der Waals surface area contributed by atoms with Crippen molar-refractivity contribution in [2.24, 2.45) is 0 Å². The SMILES string of the molecule is CNCCc1nc(Cl)c2cc(Cl)ccn12. The highest BCUT2D eigenvalue weighted by Crippen LogP contribution is 2.21. The molecule has 80 valence electrons. The van der Waals surface area contributed by atoms with E-state index in [2.05, 4.69) is 10.3 Å². The van der Waals surface area contributed by atoms with Gasteiger partial charge in [0, 0.05) is 24.2 Å². The number of halogens is 2. The quantitative estimate of drug-likeness (QED) is 0.898. The Bertz CT molecular complexity index is 479. The molecule has 0 aromatic carbocycles. The Balaban J connectivity index is 2.48. The van der Waals surface area contributed by atoms with E-state index in [4.69, 9.17) is 23.2 Å². The highest BCUT2D eigenvalue weighted by atomic mass is 35.5. The number of hydrogen-bond donors (Lipinski definition) is 1. The molecule has 0 aliphatic rings. The van der Waals surface area contributed by atoms with E-state index < -0.39 is 0 Å². The summed E-state index contributed by atoms with van der Waals surface area (Å²) in [5, 5.41) is 4.25. The largest absolute Gasteiger partial charge is 0.319 e. The summed E-state index contributed by atoms with van der Waals surface area (Å²) in [6.07, 6.45) is 2.73. The molecule has 0 spiro atoms. The zero-order valence-corrected chi connectivity index (χ0v) is 9.81. The van der Waals surface area contributed by atoms with Crippen molar-refractivity contribution in [2.75, 3.05) is 13.6 Å². The fourth-order valence-corrected chi connectivity index (χ4v) is 1.90. The van der Waals surface area contributed by atoms with Crippen LogP contribution in [0.1, 0.15) is 5.82 Å². The number of likely N-dealkylation sites (N-methyl/N-ethyl adjacent to an activating group) is 1. The lowest BCUT2D eigenvalue weighted by atomic mass is 10.4. The van der Waals surface area contributed by atoms with Crippen molar-refractivity contribution in [1.82, 2.24) is 14.7 Å². The molecule has 0 aliphatic heterocycles. The van der Waals surface area contributed by atoms with E-state index in [1.54, 1.807) is 0 Å². The first kappa shape index (κ1) is 10.7. The Morgan fingerprint density at radius 1 is 1.47 bits per heavy atom. The summed E-state index contributed by atoms with van der Waals surface area (Å²) in [6, 6.07) is 3.65. The van der Waals surface area contributed by atoms with E-state index >= 15 is 0 Å². The van der Waals surface area contributed by atoms with Gasteiger partial charge in [0.1, 0.15) is 5.82 Å². The maximum absolute atomic E-state index is 6.02. The third-order valence-corrected chi connectivity index (χ3v) is 2.75. The van der Waals surface area contributed by atoms with Crippen molar-refractivity contribution in [3.63, 3.8) is 0 Å². The molecule has 2 heterocycles. The molecule has 2 rings (SSSR count). The van der Waals surface area contributed by atoms with Crippen LogP contribution in [-0.2, 0) is 6.42 Å². The summed E-state index contributed by atoms with van der Waals surface area (Å²) >= 11 is 11.9. The van der Waals surface area contributed by atoms with E-state index in [0.29, 0.717) is 10.2 Å².